The van der Waals surface area contributed by atoms with Crippen LogP contribution in [0.5, 0.6) is 0 Å². The van der Waals surface area contributed by atoms with E-state index in [0.717, 1.165) is 11.3 Å². The molecule has 18 heavy (non-hydrogen) atoms. The van der Waals surface area contributed by atoms with Crippen LogP contribution >= 0.6 is 11.8 Å². The molecule has 2 N–H and O–H groups in total. The summed E-state index contributed by atoms with van der Waals surface area (Å²) in [6.45, 7) is 2.59. The number of rotatable bonds is 4. The van der Waals surface area contributed by atoms with Gasteiger partial charge in [0.15, 0.2) is 0 Å². The Kier molecular flexibility index (Phi) is 3.90. The van der Waals surface area contributed by atoms with Gasteiger partial charge in [-0.1, -0.05) is 5.16 Å². The Morgan fingerprint density at radius 1 is 1.50 bits per heavy atom. The molecule has 1 aliphatic rings. The van der Waals surface area contributed by atoms with E-state index in [1.807, 2.05) is 0 Å². The van der Waals surface area contributed by atoms with E-state index in [1.165, 1.54) is 18.7 Å². The number of nitrogens with two attached hydrogens (primary N) is 1. The molecule has 2 rings (SSSR count). The Bertz CT molecular complexity index is 472. The number of nitrogen functional groups attached to an aromatic ring is 1. The summed E-state index contributed by atoms with van der Waals surface area (Å²) >= 11 is 1.34. The number of anilines is 1. The molecule has 0 aliphatic carbocycles. The van der Waals surface area contributed by atoms with Crippen LogP contribution in [0.3, 0.4) is 0 Å². The zero-order valence-corrected chi connectivity index (χ0v) is 11.0. The number of thioether (sulfide) groups is 1. The molecule has 1 aliphatic heterocycles. The van der Waals surface area contributed by atoms with Crippen molar-refractivity contribution in [3.8, 4) is 0 Å². The average molecular weight is 269 g/mol. The molecule has 0 saturated heterocycles. The molecule has 6 nitrogen and oxygen atoms in total. The Hall–Kier alpha value is -1.50. The number of carbonyl (C=O) groups excluding carboxylic acids is 2. The van der Waals surface area contributed by atoms with E-state index >= 15 is 0 Å². The van der Waals surface area contributed by atoms with Gasteiger partial charge in [-0.25, -0.2) is 0 Å². The lowest BCUT2D eigenvalue weighted by molar-refractivity contribution is -0.129. The fourth-order valence-corrected chi connectivity index (χ4v) is 2.57. The number of amides is 1. The summed E-state index contributed by atoms with van der Waals surface area (Å²) in [5.74, 6) is 1.09. The Morgan fingerprint density at radius 3 is 3.00 bits per heavy atom. The quantitative estimate of drug-likeness (QED) is 0.854. The zero-order chi connectivity index (χ0) is 13.1. The van der Waals surface area contributed by atoms with Crippen molar-refractivity contribution in [2.75, 3.05) is 23.8 Å². The van der Waals surface area contributed by atoms with E-state index in [2.05, 4.69) is 5.16 Å². The lowest BCUT2D eigenvalue weighted by Gasteiger charge is -2.25. The van der Waals surface area contributed by atoms with Crippen molar-refractivity contribution in [1.82, 2.24) is 10.1 Å². The summed E-state index contributed by atoms with van der Waals surface area (Å²) < 4.78 is 4.90. The van der Waals surface area contributed by atoms with Crippen molar-refractivity contribution in [1.29, 1.82) is 0 Å². The van der Waals surface area contributed by atoms with E-state index < -0.39 is 0 Å². The van der Waals surface area contributed by atoms with Crippen molar-refractivity contribution in [2.24, 2.45) is 0 Å². The summed E-state index contributed by atoms with van der Waals surface area (Å²) in [5.41, 5.74) is 7.30. The lowest BCUT2D eigenvalue weighted by atomic mass is 10.1. The molecule has 1 aromatic rings. The third-order valence-corrected chi connectivity index (χ3v) is 3.81. The van der Waals surface area contributed by atoms with Crippen molar-refractivity contribution < 1.29 is 14.1 Å². The van der Waals surface area contributed by atoms with Crippen LogP contribution in [-0.2, 0) is 22.6 Å². The summed E-state index contributed by atoms with van der Waals surface area (Å²) in [5, 5.41) is 3.85. The van der Waals surface area contributed by atoms with Gasteiger partial charge >= 0.3 is 0 Å². The molecule has 0 fully saturated rings. The largest absolute Gasteiger partial charge is 0.367 e. The van der Waals surface area contributed by atoms with Crippen molar-refractivity contribution in [3.05, 3.63) is 11.3 Å². The Balaban J connectivity index is 1.90. The minimum atomic E-state index is 0.0208. The molecule has 0 unspecified atom stereocenters. The predicted octanol–water partition coefficient (Wildman–Crippen LogP) is 0.464. The van der Waals surface area contributed by atoms with Crippen LogP contribution in [0.15, 0.2) is 4.52 Å². The number of hydrogen-bond donors (Lipinski definition) is 1. The van der Waals surface area contributed by atoms with E-state index in [4.69, 9.17) is 10.3 Å². The molecular weight excluding hydrogens is 254 g/mol. The van der Waals surface area contributed by atoms with Gasteiger partial charge in [-0.3, -0.25) is 9.59 Å². The molecule has 0 saturated carbocycles. The number of carbonyl (C=O) groups is 2. The zero-order valence-electron chi connectivity index (χ0n) is 10.1. The Labute approximate surface area is 109 Å². The van der Waals surface area contributed by atoms with Crippen molar-refractivity contribution in [3.63, 3.8) is 0 Å². The first-order valence-electron chi connectivity index (χ1n) is 5.65. The standard InChI is InChI=1S/C11H15N3O3S/c1-7(15)5-18-6-10(16)14-3-2-9-8(4-14)11(12)17-13-9/h2-6,12H2,1H3. The molecule has 2 heterocycles. The van der Waals surface area contributed by atoms with Crippen LogP contribution in [0.1, 0.15) is 18.2 Å². The molecule has 1 amide bonds. The maximum absolute atomic E-state index is 11.9. The van der Waals surface area contributed by atoms with Gasteiger partial charge in [-0.2, -0.15) is 0 Å². The highest BCUT2D eigenvalue weighted by atomic mass is 32.2. The first kappa shape index (κ1) is 12.9. The minimum Gasteiger partial charge on any atom is -0.367 e. The second-order valence-electron chi connectivity index (χ2n) is 4.23. The predicted molar refractivity (Wildman–Crippen MR) is 68.0 cm³/mol. The highest BCUT2D eigenvalue weighted by Gasteiger charge is 2.25. The van der Waals surface area contributed by atoms with E-state index in [0.29, 0.717) is 36.9 Å². The van der Waals surface area contributed by atoms with Crippen LogP contribution in [0.25, 0.3) is 0 Å². The maximum Gasteiger partial charge on any atom is 0.232 e. The lowest BCUT2D eigenvalue weighted by Crippen LogP contribution is -2.37. The van der Waals surface area contributed by atoms with Gasteiger partial charge in [0.05, 0.1) is 29.3 Å². The van der Waals surface area contributed by atoms with Crippen LogP contribution in [0.2, 0.25) is 0 Å². The molecule has 7 heteroatoms. The molecule has 0 radical (unpaired) electrons. The fourth-order valence-electron chi connectivity index (χ4n) is 1.82. The molecule has 1 aromatic heterocycles. The van der Waals surface area contributed by atoms with Gasteiger partial charge in [0.1, 0.15) is 5.78 Å². The van der Waals surface area contributed by atoms with E-state index in [1.54, 1.807) is 4.90 Å². The minimum absolute atomic E-state index is 0.0208. The van der Waals surface area contributed by atoms with Gasteiger partial charge < -0.3 is 15.2 Å². The van der Waals surface area contributed by atoms with Gasteiger partial charge in [-0.05, 0) is 6.92 Å². The number of fused-ring (bicyclic) bond motifs is 1. The van der Waals surface area contributed by atoms with E-state index in [-0.39, 0.29) is 11.7 Å². The van der Waals surface area contributed by atoms with Gasteiger partial charge in [-0.15, -0.1) is 11.8 Å². The van der Waals surface area contributed by atoms with E-state index in [9.17, 15) is 9.59 Å². The molecular formula is C11H15N3O3S. The van der Waals surface area contributed by atoms with Crippen molar-refractivity contribution >= 4 is 29.3 Å². The maximum atomic E-state index is 11.9. The number of Topliss-reactive ketones (excluding diaryl/α,β-unsaturated/α-hetero) is 1. The normalized spacial score (nSPS) is 14.4. The van der Waals surface area contributed by atoms with Crippen LogP contribution < -0.4 is 5.73 Å². The van der Waals surface area contributed by atoms with Crippen LogP contribution in [0, 0.1) is 0 Å². The number of nitrogens with zero attached hydrogens (tertiary/aromatic N) is 2. The molecule has 0 aromatic carbocycles. The second-order valence-corrected chi connectivity index (χ2v) is 5.22. The molecule has 98 valence electrons. The third-order valence-electron chi connectivity index (χ3n) is 2.75. The summed E-state index contributed by atoms with van der Waals surface area (Å²) in [4.78, 5) is 24.4. The number of ketones is 1. The van der Waals surface area contributed by atoms with Gasteiger partial charge in [0.25, 0.3) is 0 Å². The highest BCUT2D eigenvalue weighted by molar-refractivity contribution is 8.00. The molecule has 0 bridgehead atoms. The summed E-state index contributed by atoms with van der Waals surface area (Å²) in [6, 6.07) is 0. The van der Waals surface area contributed by atoms with Crippen LogP contribution in [-0.4, -0.2) is 39.8 Å². The number of hydrogen-bond acceptors (Lipinski definition) is 6. The summed E-state index contributed by atoms with van der Waals surface area (Å²) in [6.07, 6.45) is 0.666. The molecule has 0 atom stereocenters. The SMILES string of the molecule is CC(=O)CSCC(=O)N1CCc2noc(N)c2C1. The third kappa shape index (κ3) is 2.84. The number of aromatic nitrogens is 1. The average Bonchev–Trinajstić information content (AvgIpc) is 2.70. The van der Waals surface area contributed by atoms with Crippen LogP contribution in [0.4, 0.5) is 5.88 Å². The Morgan fingerprint density at radius 2 is 2.28 bits per heavy atom. The fraction of sp³-hybridized carbons (Fsp3) is 0.545. The van der Waals surface area contributed by atoms with Crippen molar-refractivity contribution in [2.45, 2.75) is 19.9 Å². The van der Waals surface area contributed by atoms with Gasteiger partial charge in [0.2, 0.25) is 11.8 Å². The topological polar surface area (TPSA) is 89.4 Å². The second kappa shape index (κ2) is 5.43. The smallest absolute Gasteiger partial charge is 0.232 e. The summed E-state index contributed by atoms with van der Waals surface area (Å²) in [7, 11) is 0. The first-order chi connectivity index (χ1) is 8.58. The first-order valence-corrected chi connectivity index (χ1v) is 6.81. The van der Waals surface area contributed by atoms with Gasteiger partial charge in [0, 0.05) is 13.0 Å². The highest BCUT2D eigenvalue weighted by Crippen LogP contribution is 2.24. The monoisotopic (exact) mass is 269 g/mol. The molecule has 0 spiro atoms.